The number of carbonyl (C=O) groups excluding carboxylic acids is 1. The first kappa shape index (κ1) is 19.8. The van der Waals surface area contributed by atoms with Crippen LogP contribution >= 0.6 is 0 Å². The second kappa shape index (κ2) is 9.81. The molecule has 1 rings (SSSR count). The first-order chi connectivity index (χ1) is 11.4. The van der Waals surface area contributed by atoms with E-state index in [1.165, 1.54) is 25.3 Å². The van der Waals surface area contributed by atoms with Crippen LogP contribution in [0.3, 0.4) is 0 Å². The fourth-order valence-corrected chi connectivity index (χ4v) is 2.19. The molecule has 9 nitrogen and oxygen atoms in total. The number of carbonyl (C=O) groups is 1. The Kier molecular flexibility index (Phi) is 8.10. The van der Waals surface area contributed by atoms with Crippen molar-refractivity contribution in [3.63, 3.8) is 0 Å². The maximum atomic E-state index is 12.1. The molecular weight excluding hydrogens is 318 g/mol. The van der Waals surface area contributed by atoms with Gasteiger partial charge in [0.15, 0.2) is 0 Å². The van der Waals surface area contributed by atoms with E-state index in [2.05, 4.69) is 5.32 Å². The smallest absolute Gasteiger partial charge is 0.271 e. The summed E-state index contributed by atoms with van der Waals surface area (Å²) in [6.45, 7) is 2.58. The van der Waals surface area contributed by atoms with Crippen LogP contribution in [0.5, 0.6) is 5.75 Å². The molecule has 0 aromatic heterocycles. The molecule has 0 bridgehead atoms. The van der Waals surface area contributed by atoms with Crippen LogP contribution in [0.4, 0.5) is 11.4 Å². The van der Waals surface area contributed by atoms with Gasteiger partial charge in [-0.2, -0.15) is 0 Å². The Hall–Kier alpha value is -2.23. The van der Waals surface area contributed by atoms with Gasteiger partial charge in [-0.05, 0) is 13.0 Å². The van der Waals surface area contributed by atoms with Crippen LogP contribution in [-0.2, 0) is 4.79 Å². The van der Waals surface area contributed by atoms with E-state index in [4.69, 9.17) is 9.84 Å². The molecule has 0 aliphatic rings. The number of non-ortho nitro benzene ring substituents is 1. The fraction of sp³-hybridized carbons (Fsp3) is 0.533. The van der Waals surface area contributed by atoms with E-state index in [0.717, 1.165) is 0 Å². The molecule has 0 fully saturated rings. The van der Waals surface area contributed by atoms with Crippen molar-refractivity contribution in [2.24, 2.45) is 0 Å². The van der Waals surface area contributed by atoms with Crippen LogP contribution in [0, 0.1) is 10.1 Å². The predicted molar refractivity (Wildman–Crippen MR) is 88.1 cm³/mol. The summed E-state index contributed by atoms with van der Waals surface area (Å²) in [4.78, 5) is 24.1. The molecule has 1 atom stereocenters. The molecule has 24 heavy (non-hydrogen) atoms. The van der Waals surface area contributed by atoms with Crippen molar-refractivity contribution in [3.05, 3.63) is 28.3 Å². The van der Waals surface area contributed by atoms with E-state index in [1.54, 1.807) is 11.8 Å². The van der Waals surface area contributed by atoms with Crippen LogP contribution in [0.2, 0.25) is 0 Å². The summed E-state index contributed by atoms with van der Waals surface area (Å²) >= 11 is 0. The minimum atomic E-state index is -0.573. The van der Waals surface area contributed by atoms with Crippen molar-refractivity contribution in [2.45, 2.75) is 19.4 Å². The van der Waals surface area contributed by atoms with Gasteiger partial charge >= 0.3 is 0 Å². The molecule has 0 spiro atoms. The Morgan fingerprint density at radius 1 is 1.46 bits per heavy atom. The van der Waals surface area contributed by atoms with E-state index in [-0.39, 0.29) is 30.3 Å². The van der Waals surface area contributed by atoms with Crippen LogP contribution in [-0.4, -0.2) is 65.4 Å². The lowest BCUT2D eigenvalue weighted by Crippen LogP contribution is -2.35. The van der Waals surface area contributed by atoms with Crippen molar-refractivity contribution in [1.29, 1.82) is 0 Å². The van der Waals surface area contributed by atoms with Gasteiger partial charge in [-0.15, -0.1) is 0 Å². The molecule has 1 unspecified atom stereocenters. The summed E-state index contributed by atoms with van der Waals surface area (Å²) in [5.41, 5.74) is 0.0723. The number of ether oxygens (including phenoxy) is 1. The number of methoxy groups -OCH3 is 1. The molecule has 134 valence electrons. The second-order valence-corrected chi connectivity index (χ2v) is 5.31. The number of aliphatic hydroxyl groups is 2. The van der Waals surface area contributed by atoms with Crippen molar-refractivity contribution in [1.82, 2.24) is 4.90 Å². The highest BCUT2D eigenvalue weighted by atomic mass is 16.6. The van der Waals surface area contributed by atoms with Gasteiger partial charge in [-0.3, -0.25) is 19.8 Å². The van der Waals surface area contributed by atoms with E-state index >= 15 is 0 Å². The highest BCUT2D eigenvalue weighted by Gasteiger charge is 2.15. The molecule has 3 N–H and O–H groups in total. The largest absolute Gasteiger partial charge is 0.495 e. The molecular formula is C15H23N3O6. The number of hydrogen-bond donors (Lipinski definition) is 3. The van der Waals surface area contributed by atoms with Gasteiger partial charge < -0.3 is 20.3 Å². The van der Waals surface area contributed by atoms with Crippen molar-refractivity contribution < 1.29 is 24.7 Å². The average Bonchev–Trinajstić information content (AvgIpc) is 2.52. The van der Waals surface area contributed by atoms with Gasteiger partial charge in [0, 0.05) is 38.2 Å². The molecule has 9 heteroatoms. The molecule has 0 saturated carbocycles. The lowest BCUT2D eigenvalue weighted by atomic mass is 10.2. The first-order valence-corrected chi connectivity index (χ1v) is 7.51. The van der Waals surface area contributed by atoms with E-state index in [1.807, 2.05) is 0 Å². The Morgan fingerprint density at radius 3 is 2.71 bits per heavy atom. The zero-order valence-electron chi connectivity index (χ0n) is 13.8. The molecule has 0 heterocycles. The van der Waals surface area contributed by atoms with E-state index in [0.29, 0.717) is 25.4 Å². The number of rotatable bonds is 10. The number of hydrogen-bond acceptors (Lipinski definition) is 7. The van der Waals surface area contributed by atoms with Crippen molar-refractivity contribution >= 4 is 17.3 Å². The number of nitrogens with one attached hydrogen (secondary N) is 1. The second-order valence-electron chi connectivity index (χ2n) is 5.31. The van der Waals surface area contributed by atoms with E-state index < -0.39 is 11.0 Å². The molecule has 1 aromatic carbocycles. The first-order valence-electron chi connectivity index (χ1n) is 7.51. The maximum Gasteiger partial charge on any atom is 0.271 e. The van der Waals surface area contributed by atoms with Gasteiger partial charge in [-0.25, -0.2) is 0 Å². The monoisotopic (exact) mass is 341 g/mol. The topological polar surface area (TPSA) is 125 Å². The average molecular weight is 341 g/mol. The highest BCUT2D eigenvalue weighted by molar-refractivity contribution is 5.92. The minimum Gasteiger partial charge on any atom is -0.495 e. The summed E-state index contributed by atoms with van der Waals surface area (Å²) in [7, 11) is 1.41. The number of anilines is 1. The van der Waals surface area contributed by atoms with Crippen LogP contribution in [0.1, 0.15) is 13.3 Å². The molecule has 0 radical (unpaired) electrons. The number of nitro benzene ring substituents is 1. The Morgan fingerprint density at radius 2 is 2.17 bits per heavy atom. The number of benzene rings is 1. The van der Waals surface area contributed by atoms with Crippen molar-refractivity contribution in [2.75, 3.05) is 38.7 Å². The zero-order chi connectivity index (χ0) is 18.1. The van der Waals surface area contributed by atoms with Gasteiger partial charge in [0.25, 0.3) is 5.69 Å². The summed E-state index contributed by atoms with van der Waals surface area (Å²) in [5.74, 6) is -0.0209. The lowest BCUT2D eigenvalue weighted by molar-refractivity contribution is -0.384. The van der Waals surface area contributed by atoms with Crippen LogP contribution < -0.4 is 10.1 Å². The summed E-state index contributed by atoms with van der Waals surface area (Å²) in [6.07, 6.45) is -0.463. The third kappa shape index (κ3) is 6.49. The van der Waals surface area contributed by atoms with Gasteiger partial charge in [-0.1, -0.05) is 0 Å². The SMILES string of the molecule is COc1ccc([N+](=O)[O-])cc1NC(=O)CCN(CCO)CC(C)O. The standard InChI is InChI=1S/C15H23N3O6/c1-11(20)10-17(7-8-19)6-5-15(21)16-13-9-12(18(22)23)3-4-14(13)24-2/h3-4,9,11,19-20H,5-8,10H2,1-2H3,(H,16,21). The third-order valence-corrected chi connectivity index (χ3v) is 3.26. The number of aliphatic hydroxyl groups excluding tert-OH is 2. The predicted octanol–water partition coefficient (Wildman–Crippen LogP) is 0.607. The molecule has 0 saturated heterocycles. The maximum absolute atomic E-state index is 12.1. The van der Waals surface area contributed by atoms with Gasteiger partial charge in [0.05, 0.1) is 30.4 Å². The summed E-state index contributed by atoms with van der Waals surface area (Å²) in [5, 5.41) is 31.8. The number of nitrogens with zero attached hydrogens (tertiary/aromatic N) is 2. The van der Waals surface area contributed by atoms with Gasteiger partial charge in [0.2, 0.25) is 5.91 Å². The Balaban J connectivity index is 2.69. The highest BCUT2D eigenvalue weighted by Crippen LogP contribution is 2.28. The zero-order valence-corrected chi connectivity index (χ0v) is 13.8. The van der Waals surface area contributed by atoms with E-state index in [9.17, 15) is 20.0 Å². The Bertz CT molecular complexity index is 564. The van der Waals surface area contributed by atoms with Crippen LogP contribution in [0.25, 0.3) is 0 Å². The summed E-state index contributed by atoms with van der Waals surface area (Å²) in [6, 6.07) is 3.94. The number of nitro groups is 1. The molecule has 0 aliphatic carbocycles. The lowest BCUT2D eigenvalue weighted by Gasteiger charge is -2.22. The van der Waals surface area contributed by atoms with Crippen molar-refractivity contribution in [3.8, 4) is 5.75 Å². The third-order valence-electron chi connectivity index (χ3n) is 3.26. The fourth-order valence-electron chi connectivity index (χ4n) is 2.19. The normalized spacial score (nSPS) is 12.0. The molecule has 1 amide bonds. The Labute approximate surface area is 140 Å². The quantitative estimate of drug-likeness (QED) is 0.420. The van der Waals surface area contributed by atoms with Gasteiger partial charge in [0.1, 0.15) is 5.75 Å². The van der Waals surface area contributed by atoms with Crippen LogP contribution in [0.15, 0.2) is 18.2 Å². The molecule has 1 aromatic rings. The minimum absolute atomic E-state index is 0.0763. The number of amides is 1. The summed E-state index contributed by atoms with van der Waals surface area (Å²) < 4.78 is 5.08. The molecule has 0 aliphatic heterocycles.